The summed E-state index contributed by atoms with van der Waals surface area (Å²) in [6, 6.07) is 0. The van der Waals surface area contributed by atoms with Gasteiger partial charge in [-0.1, -0.05) is 40.5 Å². The van der Waals surface area contributed by atoms with Crippen molar-refractivity contribution in [3.63, 3.8) is 0 Å². The van der Waals surface area contributed by atoms with E-state index in [-0.39, 0.29) is 43.2 Å². The number of hydrogen-bond donors (Lipinski definition) is 0. The van der Waals surface area contributed by atoms with Crippen LogP contribution in [-0.2, 0) is 14.3 Å². The van der Waals surface area contributed by atoms with E-state index in [1.807, 2.05) is 0 Å². The van der Waals surface area contributed by atoms with Gasteiger partial charge < -0.3 is 30.0 Å². The summed E-state index contributed by atoms with van der Waals surface area (Å²) in [4.78, 5) is 21.6. The second-order valence-corrected chi connectivity index (χ2v) is 6.87. The van der Waals surface area contributed by atoms with Crippen molar-refractivity contribution in [3.05, 3.63) is 0 Å². The topological polar surface area (TPSA) is 121 Å². The summed E-state index contributed by atoms with van der Waals surface area (Å²) in [5.41, 5.74) is -1.56. The van der Waals surface area contributed by atoms with E-state index in [4.69, 9.17) is 4.74 Å². The van der Waals surface area contributed by atoms with Crippen molar-refractivity contribution in [3.8, 4) is 0 Å². The van der Waals surface area contributed by atoms with Crippen LogP contribution in [0.1, 0.15) is 66.2 Å². The fourth-order valence-electron chi connectivity index (χ4n) is 1.85. The predicted octanol–water partition coefficient (Wildman–Crippen LogP) is -0.310. The summed E-state index contributed by atoms with van der Waals surface area (Å²) in [5.74, 6) is -2.03. The summed E-state index contributed by atoms with van der Waals surface area (Å²) < 4.78 is 5.46. The molecule has 0 aliphatic rings. The number of carbonyl (C=O) groups is 2. The second-order valence-electron chi connectivity index (χ2n) is 6.87. The molecule has 0 aromatic carbocycles. The molecular formula is C16H30CaO6. The Morgan fingerprint density at radius 3 is 1.35 bits per heavy atom. The Bertz CT molecular complexity index is 309. The SMILES string of the molecule is CC(C)(CCCCOCCCCC(C)(C)C(=O)[O-])C(=O)[O-].O.[Ca+2]. The first-order valence-electron chi connectivity index (χ1n) is 7.60. The second kappa shape index (κ2) is 13.4. The summed E-state index contributed by atoms with van der Waals surface area (Å²) in [6.07, 6.45) is 4.39. The van der Waals surface area contributed by atoms with Gasteiger partial charge in [0.1, 0.15) is 0 Å². The van der Waals surface area contributed by atoms with Gasteiger partial charge in [-0.15, -0.1) is 0 Å². The zero-order chi connectivity index (χ0) is 16.5. The van der Waals surface area contributed by atoms with Crippen molar-refractivity contribution in [1.82, 2.24) is 0 Å². The van der Waals surface area contributed by atoms with E-state index in [9.17, 15) is 19.8 Å². The number of ether oxygens (including phenoxy) is 1. The average molecular weight is 358 g/mol. The maximum atomic E-state index is 10.8. The largest absolute Gasteiger partial charge is 2.00 e. The first-order chi connectivity index (χ1) is 9.59. The summed E-state index contributed by atoms with van der Waals surface area (Å²) in [5, 5.41) is 21.6. The number of carboxylic acid groups (broad SMARTS) is 2. The molecule has 6 nitrogen and oxygen atoms in total. The molecule has 0 aliphatic heterocycles. The number of aliphatic carboxylic acids is 2. The zero-order valence-corrected chi connectivity index (χ0v) is 17.1. The third kappa shape index (κ3) is 13.1. The molecule has 0 saturated carbocycles. The molecule has 0 saturated heterocycles. The molecule has 0 aromatic rings. The van der Waals surface area contributed by atoms with Crippen LogP contribution in [0, 0.1) is 10.8 Å². The molecule has 7 heteroatoms. The van der Waals surface area contributed by atoms with Crippen LogP contribution in [0.25, 0.3) is 0 Å². The standard InChI is InChI=1S/C16H30O5.Ca.H2O/c1-15(2,13(17)18)9-5-7-11-21-12-8-6-10-16(3,4)14(19)20;;/h5-12H2,1-4H3,(H,17,18)(H,19,20);;1H2/q;+2;/p-2. The first kappa shape index (κ1) is 27.9. The smallest absolute Gasteiger partial charge is 0.550 e. The molecule has 0 atom stereocenters. The molecule has 0 bridgehead atoms. The third-order valence-electron chi connectivity index (χ3n) is 3.79. The Hall–Kier alpha value is 0.120. The van der Waals surface area contributed by atoms with E-state index >= 15 is 0 Å². The van der Waals surface area contributed by atoms with Gasteiger partial charge in [-0.25, -0.2) is 0 Å². The first-order valence-corrected chi connectivity index (χ1v) is 7.60. The third-order valence-corrected chi connectivity index (χ3v) is 3.79. The van der Waals surface area contributed by atoms with Crippen molar-refractivity contribution in [2.75, 3.05) is 13.2 Å². The molecule has 0 unspecified atom stereocenters. The molecule has 0 rings (SSSR count). The molecule has 0 heterocycles. The minimum absolute atomic E-state index is 0. The van der Waals surface area contributed by atoms with Crippen LogP contribution < -0.4 is 10.2 Å². The Balaban J connectivity index is -0.00000200. The van der Waals surface area contributed by atoms with Gasteiger partial charge in [0.25, 0.3) is 0 Å². The van der Waals surface area contributed by atoms with Gasteiger partial charge in [-0.2, -0.15) is 0 Å². The van der Waals surface area contributed by atoms with E-state index in [2.05, 4.69) is 0 Å². The fourth-order valence-corrected chi connectivity index (χ4v) is 1.85. The van der Waals surface area contributed by atoms with Crippen LogP contribution in [0.4, 0.5) is 0 Å². The number of carbonyl (C=O) groups excluding carboxylic acids is 2. The summed E-state index contributed by atoms with van der Waals surface area (Å²) in [6.45, 7) is 7.88. The molecule has 0 amide bonds. The van der Waals surface area contributed by atoms with Gasteiger partial charge in [-0.05, 0) is 25.7 Å². The molecule has 132 valence electrons. The molecule has 0 spiro atoms. The van der Waals surface area contributed by atoms with Gasteiger partial charge in [-0.3, -0.25) is 0 Å². The number of unbranched alkanes of at least 4 members (excludes halogenated alkanes) is 2. The van der Waals surface area contributed by atoms with Crippen molar-refractivity contribution in [1.29, 1.82) is 0 Å². The van der Waals surface area contributed by atoms with E-state index in [1.165, 1.54) is 0 Å². The van der Waals surface area contributed by atoms with Gasteiger partial charge in [0.2, 0.25) is 0 Å². The molecule has 2 N–H and O–H groups in total. The van der Waals surface area contributed by atoms with Gasteiger partial charge in [0.15, 0.2) is 0 Å². The number of rotatable bonds is 12. The van der Waals surface area contributed by atoms with Crippen molar-refractivity contribution < 1.29 is 30.0 Å². The van der Waals surface area contributed by atoms with Gasteiger partial charge >= 0.3 is 37.7 Å². The number of hydrogen-bond acceptors (Lipinski definition) is 5. The van der Waals surface area contributed by atoms with Crippen LogP contribution in [0.2, 0.25) is 0 Å². The van der Waals surface area contributed by atoms with E-state index in [1.54, 1.807) is 27.7 Å². The Kier molecular flexibility index (Phi) is 16.3. The van der Waals surface area contributed by atoms with Gasteiger partial charge in [0.05, 0.1) is 0 Å². The molecular weight excluding hydrogens is 328 g/mol. The molecule has 0 radical (unpaired) electrons. The van der Waals surface area contributed by atoms with Crippen LogP contribution in [0.5, 0.6) is 0 Å². The van der Waals surface area contributed by atoms with Crippen LogP contribution in [0.3, 0.4) is 0 Å². The Morgan fingerprint density at radius 1 is 0.783 bits per heavy atom. The maximum Gasteiger partial charge on any atom is 2.00 e. The van der Waals surface area contributed by atoms with E-state index in [0.29, 0.717) is 26.1 Å². The zero-order valence-electron chi connectivity index (χ0n) is 14.9. The number of carboxylic acids is 2. The molecule has 0 fully saturated rings. The monoisotopic (exact) mass is 358 g/mol. The summed E-state index contributed by atoms with van der Waals surface area (Å²) in [7, 11) is 0. The van der Waals surface area contributed by atoms with Crippen molar-refractivity contribution in [2.45, 2.75) is 66.2 Å². The maximum absolute atomic E-state index is 10.8. The van der Waals surface area contributed by atoms with Crippen molar-refractivity contribution in [2.24, 2.45) is 10.8 Å². The minimum Gasteiger partial charge on any atom is -0.550 e. The fraction of sp³-hybridized carbons (Fsp3) is 0.875. The normalized spacial score (nSPS) is 11.3. The van der Waals surface area contributed by atoms with Crippen LogP contribution >= 0.6 is 0 Å². The Labute approximate surface area is 169 Å². The predicted molar refractivity (Wildman–Crippen MR) is 85.5 cm³/mol. The van der Waals surface area contributed by atoms with Crippen LogP contribution in [-0.4, -0.2) is 68.4 Å². The minimum atomic E-state index is -1.01. The summed E-state index contributed by atoms with van der Waals surface area (Å²) >= 11 is 0. The van der Waals surface area contributed by atoms with E-state index < -0.39 is 22.8 Å². The van der Waals surface area contributed by atoms with Crippen LogP contribution in [0.15, 0.2) is 0 Å². The molecule has 0 aliphatic carbocycles. The molecule has 0 aromatic heterocycles. The quantitative estimate of drug-likeness (QED) is 0.350. The van der Waals surface area contributed by atoms with Crippen molar-refractivity contribution >= 4 is 49.7 Å². The Morgan fingerprint density at radius 2 is 1.09 bits per heavy atom. The average Bonchev–Trinajstić information content (AvgIpc) is 2.36. The van der Waals surface area contributed by atoms with Gasteiger partial charge in [0, 0.05) is 36.0 Å². The molecule has 23 heavy (non-hydrogen) atoms. The van der Waals surface area contributed by atoms with E-state index in [0.717, 1.165) is 25.7 Å².